The maximum atomic E-state index is 9.28. The quantitative estimate of drug-likeness (QED) is 0.833. The number of rotatable bonds is 4. The summed E-state index contributed by atoms with van der Waals surface area (Å²) in [4.78, 5) is 2.09. The van der Waals surface area contributed by atoms with Gasteiger partial charge < -0.3 is 14.4 Å². The van der Waals surface area contributed by atoms with Crippen molar-refractivity contribution in [1.82, 2.24) is 0 Å². The highest BCUT2D eigenvalue weighted by Crippen LogP contribution is 2.35. The zero-order valence-corrected chi connectivity index (χ0v) is 12.0. The van der Waals surface area contributed by atoms with Crippen LogP contribution < -0.4 is 9.64 Å². The van der Waals surface area contributed by atoms with Crippen LogP contribution in [0.25, 0.3) is 0 Å². The van der Waals surface area contributed by atoms with Crippen molar-refractivity contribution in [3.63, 3.8) is 0 Å². The van der Waals surface area contributed by atoms with Crippen molar-refractivity contribution in [3.8, 4) is 11.8 Å². The maximum absolute atomic E-state index is 9.28. The monoisotopic (exact) mass is 260 g/mol. The van der Waals surface area contributed by atoms with Crippen LogP contribution in [0, 0.1) is 30.6 Å². The predicted octanol–water partition coefficient (Wildman–Crippen LogP) is 2.29. The molecule has 1 aromatic carbocycles. The van der Waals surface area contributed by atoms with Gasteiger partial charge in [-0.3, -0.25) is 0 Å². The van der Waals surface area contributed by atoms with Crippen molar-refractivity contribution in [2.45, 2.75) is 13.8 Å². The third-order valence-corrected chi connectivity index (χ3v) is 3.55. The van der Waals surface area contributed by atoms with Gasteiger partial charge in [-0.1, -0.05) is 6.07 Å². The molecule has 0 bridgehead atoms. The fourth-order valence-electron chi connectivity index (χ4n) is 2.56. The van der Waals surface area contributed by atoms with E-state index in [0.717, 1.165) is 17.0 Å². The van der Waals surface area contributed by atoms with E-state index < -0.39 is 0 Å². The van der Waals surface area contributed by atoms with E-state index in [1.807, 2.05) is 14.0 Å². The fraction of sp³-hybridized carbons (Fsp3) is 0.533. The molecule has 4 nitrogen and oxygen atoms in total. The molecule has 1 aliphatic heterocycles. The van der Waals surface area contributed by atoms with Crippen molar-refractivity contribution >= 4 is 5.69 Å². The third kappa shape index (κ3) is 2.52. The molecule has 0 atom stereocenters. The van der Waals surface area contributed by atoms with Gasteiger partial charge in [0, 0.05) is 13.6 Å². The summed E-state index contributed by atoms with van der Waals surface area (Å²) in [6, 6.07) is 6.57. The molecule has 0 unspecified atom stereocenters. The van der Waals surface area contributed by atoms with Gasteiger partial charge in [0.05, 0.1) is 32.1 Å². The Bertz CT molecular complexity index is 516. The highest BCUT2D eigenvalue weighted by molar-refractivity contribution is 5.63. The molecule has 0 saturated carbocycles. The minimum atomic E-state index is -0.378. The van der Waals surface area contributed by atoms with E-state index in [-0.39, 0.29) is 5.41 Å². The Kier molecular flexibility index (Phi) is 3.68. The molecule has 19 heavy (non-hydrogen) atoms. The predicted molar refractivity (Wildman–Crippen MR) is 74.6 cm³/mol. The average molecular weight is 260 g/mol. The SMILES string of the molecule is COc1c(C)cc(C)cc1N(C)CC1(C#N)COC1. The first-order chi connectivity index (χ1) is 9.01. The Morgan fingerprint density at radius 2 is 2.11 bits per heavy atom. The summed E-state index contributed by atoms with van der Waals surface area (Å²) >= 11 is 0. The molecule has 102 valence electrons. The van der Waals surface area contributed by atoms with Gasteiger partial charge in [-0.2, -0.15) is 5.26 Å². The molecule has 0 radical (unpaired) electrons. The Labute approximate surface area is 114 Å². The molecule has 1 aliphatic rings. The molecule has 0 amide bonds. The number of hydrogen-bond donors (Lipinski definition) is 0. The first kappa shape index (κ1) is 13.7. The summed E-state index contributed by atoms with van der Waals surface area (Å²) in [6.07, 6.45) is 0. The van der Waals surface area contributed by atoms with Crippen molar-refractivity contribution < 1.29 is 9.47 Å². The molecular formula is C15H20N2O2. The van der Waals surface area contributed by atoms with E-state index in [9.17, 15) is 5.26 Å². The lowest BCUT2D eigenvalue weighted by molar-refractivity contribution is -0.0716. The van der Waals surface area contributed by atoms with E-state index >= 15 is 0 Å². The van der Waals surface area contributed by atoms with Crippen LogP contribution in [-0.4, -0.2) is 33.9 Å². The first-order valence-corrected chi connectivity index (χ1v) is 6.37. The van der Waals surface area contributed by atoms with Gasteiger partial charge in [-0.05, 0) is 31.0 Å². The number of ether oxygens (including phenoxy) is 2. The summed E-state index contributed by atoms with van der Waals surface area (Å²) in [5.41, 5.74) is 2.95. The highest BCUT2D eigenvalue weighted by atomic mass is 16.5. The second-order valence-electron chi connectivity index (χ2n) is 5.38. The van der Waals surface area contributed by atoms with Crippen LogP contribution in [0.1, 0.15) is 11.1 Å². The number of aryl methyl sites for hydroxylation is 2. The number of nitriles is 1. The lowest BCUT2D eigenvalue weighted by Gasteiger charge is -2.39. The van der Waals surface area contributed by atoms with E-state index in [1.165, 1.54) is 5.56 Å². The van der Waals surface area contributed by atoms with E-state index in [4.69, 9.17) is 9.47 Å². The van der Waals surface area contributed by atoms with Crippen molar-refractivity contribution in [2.75, 3.05) is 38.8 Å². The van der Waals surface area contributed by atoms with Crippen LogP contribution in [0.3, 0.4) is 0 Å². The second kappa shape index (κ2) is 5.10. The van der Waals surface area contributed by atoms with E-state index in [1.54, 1.807) is 7.11 Å². The number of nitrogens with zero attached hydrogens (tertiary/aromatic N) is 2. The lowest BCUT2D eigenvalue weighted by atomic mass is 9.87. The van der Waals surface area contributed by atoms with Gasteiger partial charge in [-0.15, -0.1) is 0 Å². The average Bonchev–Trinajstić information content (AvgIpc) is 2.32. The van der Waals surface area contributed by atoms with Gasteiger partial charge in [0.25, 0.3) is 0 Å². The Hall–Kier alpha value is -1.73. The van der Waals surface area contributed by atoms with Crippen LogP contribution in [-0.2, 0) is 4.74 Å². The molecule has 0 spiro atoms. The molecule has 1 aromatic rings. The molecule has 0 aliphatic carbocycles. The van der Waals surface area contributed by atoms with Gasteiger partial charge in [0.15, 0.2) is 0 Å². The number of hydrogen-bond acceptors (Lipinski definition) is 4. The van der Waals surface area contributed by atoms with Crippen LogP contribution in [0.4, 0.5) is 5.69 Å². The van der Waals surface area contributed by atoms with Crippen molar-refractivity contribution in [3.05, 3.63) is 23.3 Å². The van der Waals surface area contributed by atoms with Crippen LogP contribution in [0.5, 0.6) is 5.75 Å². The zero-order chi connectivity index (χ0) is 14.0. The molecule has 4 heteroatoms. The molecule has 0 aromatic heterocycles. The summed E-state index contributed by atoms with van der Waals surface area (Å²) in [5, 5.41) is 9.28. The number of benzene rings is 1. The second-order valence-corrected chi connectivity index (χ2v) is 5.38. The van der Waals surface area contributed by atoms with Gasteiger partial charge >= 0.3 is 0 Å². The van der Waals surface area contributed by atoms with Crippen LogP contribution >= 0.6 is 0 Å². The largest absolute Gasteiger partial charge is 0.494 e. The summed E-state index contributed by atoms with van der Waals surface area (Å²) < 4.78 is 10.7. The minimum absolute atomic E-state index is 0.378. The molecule has 1 fully saturated rings. The molecule has 1 saturated heterocycles. The van der Waals surface area contributed by atoms with Crippen LogP contribution in [0.15, 0.2) is 12.1 Å². The van der Waals surface area contributed by atoms with E-state index in [2.05, 4.69) is 30.0 Å². The minimum Gasteiger partial charge on any atom is -0.494 e. The fourth-order valence-corrected chi connectivity index (χ4v) is 2.56. The van der Waals surface area contributed by atoms with Crippen molar-refractivity contribution in [2.24, 2.45) is 5.41 Å². The van der Waals surface area contributed by atoms with E-state index in [0.29, 0.717) is 19.8 Å². The van der Waals surface area contributed by atoms with Gasteiger partial charge in [0.2, 0.25) is 0 Å². The zero-order valence-electron chi connectivity index (χ0n) is 12.0. The lowest BCUT2D eigenvalue weighted by Crippen LogP contribution is -2.49. The summed E-state index contributed by atoms with van der Waals surface area (Å²) in [6.45, 7) is 5.79. The Balaban J connectivity index is 2.28. The molecule has 0 N–H and O–H groups in total. The van der Waals surface area contributed by atoms with Crippen molar-refractivity contribution in [1.29, 1.82) is 5.26 Å². The number of anilines is 1. The summed E-state index contributed by atoms with van der Waals surface area (Å²) in [5.74, 6) is 0.876. The number of methoxy groups -OCH3 is 1. The smallest absolute Gasteiger partial charge is 0.145 e. The first-order valence-electron chi connectivity index (χ1n) is 6.37. The van der Waals surface area contributed by atoms with Gasteiger partial charge in [0.1, 0.15) is 11.2 Å². The maximum Gasteiger partial charge on any atom is 0.145 e. The molecule has 2 rings (SSSR count). The topological polar surface area (TPSA) is 45.5 Å². The summed E-state index contributed by atoms with van der Waals surface area (Å²) in [7, 11) is 3.68. The van der Waals surface area contributed by atoms with Crippen LogP contribution in [0.2, 0.25) is 0 Å². The van der Waals surface area contributed by atoms with Gasteiger partial charge in [-0.25, -0.2) is 0 Å². The third-order valence-electron chi connectivity index (χ3n) is 3.55. The Morgan fingerprint density at radius 3 is 2.58 bits per heavy atom. The normalized spacial score (nSPS) is 16.4. The highest BCUT2D eigenvalue weighted by Gasteiger charge is 2.40. The Morgan fingerprint density at radius 1 is 1.42 bits per heavy atom. The molecular weight excluding hydrogens is 240 g/mol. The standard InChI is InChI=1S/C15H20N2O2/c1-11-5-12(2)14(18-4)13(6-11)17(3)8-15(7-16)9-19-10-15/h5-6H,8-10H2,1-4H3. The molecule has 1 heterocycles.